The lowest BCUT2D eigenvalue weighted by molar-refractivity contribution is -0.119. The predicted molar refractivity (Wildman–Crippen MR) is 133 cm³/mol. The second kappa shape index (κ2) is 9.79. The zero-order chi connectivity index (χ0) is 23.5. The highest BCUT2D eigenvalue weighted by atomic mass is 35.5. The van der Waals surface area contributed by atoms with Crippen molar-refractivity contribution >= 4 is 45.9 Å². The Labute approximate surface area is 198 Å². The van der Waals surface area contributed by atoms with Gasteiger partial charge in [-0.3, -0.25) is 9.59 Å². The summed E-state index contributed by atoms with van der Waals surface area (Å²) in [4.78, 5) is 35.8. The molecule has 2 N–H and O–H groups in total. The van der Waals surface area contributed by atoms with Crippen LogP contribution in [0.3, 0.4) is 0 Å². The van der Waals surface area contributed by atoms with E-state index in [2.05, 4.69) is 32.4 Å². The third-order valence-electron chi connectivity index (χ3n) is 6.40. The number of pyridine rings is 1. The number of rotatable bonds is 6. The van der Waals surface area contributed by atoms with Gasteiger partial charge in [0.05, 0.1) is 18.1 Å². The second-order valence-electron chi connectivity index (χ2n) is 8.49. The van der Waals surface area contributed by atoms with Crippen LogP contribution in [0, 0.1) is 5.92 Å². The average Bonchev–Trinajstić information content (AvgIpc) is 2.83. The average molecular weight is 469 g/mol. The molecule has 1 fully saturated rings. The molecular formula is C24H29ClN6O2. The zero-order valence-corrected chi connectivity index (χ0v) is 19.9. The van der Waals surface area contributed by atoms with Crippen LogP contribution in [0.1, 0.15) is 31.7 Å². The van der Waals surface area contributed by atoms with Gasteiger partial charge in [0.25, 0.3) is 5.56 Å². The van der Waals surface area contributed by atoms with Gasteiger partial charge in [0, 0.05) is 43.8 Å². The Morgan fingerprint density at radius 3 is 2.70 bits per heavy atom. The molecule has 1 amide bonds. The van der Waals surface area contributed by atoms with Crippen LogP contribution in [0.15, 0.2) is 35.3 Å². The number of hydrogen-bond acceptors (Lipinski definition) is 6. The largest absolute Gasteiger partial charge is 0.359 e. The van der Waals surface area contributed by atoms with Gasteiger partial charge >= 0.3 is 0 Å². The van der Waals surface area contributed by atoms with Gasteiger partial charge in [-0.15, -0.1) is 0 Å². The minimum atomic E-state index is -0.205. The van der Waals surface area contributed by atoms with Crippen molar-refractivity contribution in [3.05, 3.63) is 51.4 Å². The van der Waals surface area contributed by atoms with Gasteiger partial charge in [0.1, 0.15) is 5.02 Å². The minimum absolute atomic E-state index is 0.0343. The second-order valence-corrected chi connectivity index (χ2v) is 8.89. The summed E-state index contributed by atoms with van der Waals surface area (Å²) >= 11 is 6.40. The first-order valence-electron chi connectivity index (χ1n) is 11.3. The topological polar surface area (TPSA) is 92.2 Å². The third kappa shape index (κ3) is 4.95. The highest BCUT2D eigenvalue weighted by molar-refractivity contribution is 6.32. The monoisotopic (exact) mass is 468 g/mol. The number of amides is 1. The Hall–Kier alpha value is -3.13. The van der Waals surface area contributed by atoms with E-state index in [0.29, 0.717) is 22.4 Å². The highest BCUT2D eigenvalue weighted by Gasteiger charge is 2.20. The van der Waals surface area contributed by atoms with E-state index in [4.69, 9.17) is 11.6 Å². The van der Waals surface area contributed by atoms with E-state index in [9.17, 15) is 9.59 Å². The Morgan fingerprint density at radius 2 is 2.00 bits per heavy atom. The molecule has 3 aromatic rings. The number of carbonyl (C=O) groups excluding carboxylic acids is 1. The lowest BCUT2D eigenvalue weighted by atomic mass is 9.95. The minimum Gasteiger partial charge on any atom is -0.359 e. The molecule has 0 aliphatic carbocycles. The molecule has 0 bridgehead atoms. The first-order chi connectivity index (χ1) is 15.9. The summed E-state index contributed by atoms with van der Waals surface area (Å²) in [5, 5.41) is 7.13. The van der Waals surface area contributed by atoms with E-state index in [-0.39, 0.29) is 17.9 Å². The van der Waals surface area contributed by atoms with E-state index in [1.165, 1.54) is 6.42 Å². The van der Waals surface area contributed by atoms with Crippen LogP contribution in [-0.4, -0.2) is 40.6 Å². The smallest absolute Gasteiger partial charge is 0.254 e. The molecular weight excluding hydrogens is 440 g/mol. The first kappa shape index (κ1) is 23.0. The van der Waals surface area contributed by atoms with Crippen LogP contribution >= 0.6 is 11.6 Å². The van der Waals surface area contributed by atoms with Gasteiger partial charge in [0.15, 0.2) is 5.82 Å². The number of piperidine rings is 1. The number of anilines is 3. The van der Waals surface area contributed by atoms with E-state index < -0.39 is 0 Å². The number of aromatic nitrogens is 3. The zero-order valence-electron chi connectivity index (χ0n) is 19.2. The maximum Gasteiger partial charge on any atom is 0.254 e. The summed E-state index contributed by atoms with van der Waals surface area (Å²) in [6.07, 6.45) is 5.16. The number of nitrogens with zero attached hydrogens (tertiary/aromatic N) is 4. The van der Waals surface area contributed by atoms with Crippen LogP contribution in [0.5, 0.6) is 0 Å². The number of benzene rings is 1. The fourth-order valence-corrected chi connectivity index (χ4v) is 4.43. The molecule has 1 saturated heterocycles. The summed E-state index contributed by atoms with van der Waals surface area (Å²) < 4.78 is 1.56. The van der Waals surface area contributed by atoms with Gasteiger partial charge in [-0.2, -0.15) is 4.98 Å². The predicted octanol–water partition coefficient (Wildman–Crippen LogP) is 3.64. The summed E-state index contributed by atoms with van der Waals surface area (Å²) in [6.45, 7) is 4.12. The van der Waals surface area contributed by atoms with E-state index in [1.54, 1.807) is 30.9 Å². The molecule has 0 unspecified atom stereocenters. The molecule has 3 heterocycles. The molecule has 0 spiro atoms. The highest BCUT2D eigenvalue weighted by Crippen LogP contribution is 2.29. The Kier molecular flexibility index (Phi) is 6.83. The normalized spacial score (nSPS) is 14.5. The number of fused-ring (bicyclic) bond motifs is 1. The fourth-order valence-electron chi connectivity index (χ4n) is 4.29. The lowest BCUT2D eigenvalue weighted by Gasteiger charge is -2.31. The summed E-state index contributed by atoms with van der Waals surface area (Å²) in [5.74, 6) is 1.78. The SMILES string of the molecule is CCC1CCN(c2ncc(Cl)c(Nc3ccc4c(c3)cc(CC(=O)NC)c(=O)n4C)n2)CC1. The molecule has 174 valence electrons. The van der Waals surface area contributed by atoms with Crippen molar-refractivity contribution in [3.8, 4) is 0 Å². The van der Waals surface area contributed by atoms with Gasteiger partial charge in [-0.05, 0) is 43.0 Å². The fraction of sp³-hybridized carbons (Fsp3) is 0.417. The van der Waals surface area contributed by atoms with Crippen molar-refractivity contribution in [1.82, 2.24) is 19.9 Å². The molecule has 0 radical (unpaired) electrons. The van der Waals surface area contributed by atoms with Crippen LogP contribution in [0.25, 0.3) is 10.9 Å². The molecule has 1 aliphatic heterocycles. The maximum absolute atomic E-state index is 12.6. The van der Waals surface area contributed by atoms with Crippen molar-refractivity contribution in [1.29, 1.82) is 0 Å². The molecule has 0 saturated carbocycles. The van der Waals surface area contributed by atoms with Gasteiger partial charge < -0.3 is 20.1 Å². The summed E-state index contributed by atoms with van der Waals surface area (Å²) in [5.41, 5.74) is 1.82. The van der Waals surface area contributed by atoms with Gasteiger partial charge in [-0.1, -0.05) is 24.9 Å². The van der Waals surface area contributed by atoms with E-state index in [0.717, 1.165) is 48.4 Å². The standard InChI is InChI=1S/C24H29ClN6O2/c1-4-15-7-9-31(10-8-15)24-27-14-19(25)22(29-24)28-18-5-6-20-16(12-18)11-17(13-21(32)26-2)23(33)30(20)3/h5-6,11-12,14-15H,4,7-10,13H2,1-3H3,(H,26,32)(H,27,28,29). The van der Waals surface area contributed by atoms with E-state index >= 15 is 0 Å². The lowest BCUT2D eigenvalue weighted by Crippen LogP contribution is -2.34. The van der Waals surface area contributed by atoms with Crippen molar-refractivity contribution in [3.63, 3.8) is 0 Å². The molecule has 0 atom stereocenters. The number of carbonyl (C=O) groups is 1. The van der Waals surface area contributed by atoms with Crippen molar-refractivity contribution in [2.75, 3.05) is 30.4 Å². The number of hydrogen-bond donors (Lipinski definition) is 2. The number of likely N-dealkylation sites (N-methyl/N-ethyl adjacent to an activating group) is 1. The summed E-state index contributed by atoms with van der Waals surface area (Å²) in [6, 6.07) is 7.44. The van der Waals surface area contributed by atoms with Crippen molar-refractivity contribution in [2.45, 2.75) is 32.6 Å². The van der Waals surface area contributed by atoms with Crippen LogP contribution in [-0.2, 0) is 18.3 Å². The number of halogens is 1. The third-order valence-corrected chi connectivity index (χ3v) is 6.67. The number of nitrogens with one attached hydrogen (secondary N) is 2. The number of aryl methyl sites for hydroxylation is 1. The van der Waals surface area contributed by atoms with Crippen LogP contribution < -0.4 is 21.1 Å². The molecule has 9 heteroatoms. The van der Waals surface area contributed by atoms with Gasteiger partial charge in [-0.25, -0.2) is 4.98 Å². The van der Waals surface area contributed by atoms with E-state index in [1.807, 2.05) is 18.2 Å². The van der Waals surface area contributed by atoms with Crippen molar-refractivity contribution in [2.24, 2.45) is 13.0 Å². The molecule has 2 aromatic heterocycles. The molecule has 8 nitrogen and oxygen atoms in total. The quantitative estimate of drug-likeness (QED) is 0.573. The molecule has 1 aromatic carbocycles. The van der Waals surface area contributed by atoms with Crippen LogP contribution in [0.4, 0.5) is 17.5 Å². The molecule has 4 rings (SSSR count). The molecule has 1 aliphatic rings. The Balaban J connectivity index is 1.61. The Bertz CT molecular complexity index is 1230. The summed E-state index contributed by atoms with van der Waals surface area (Å²) in [7, 11) is 3.27. The van der Waals surface area contributed by atoms with Crippen molar-refractivity contribution < 1.29 is 4.79 Å². The Morgan fingerprint density at radius 1 is 1.24 bits per heavy atom. The van der Waals surface area contributed by atoms with Gasteiger partial charge in [0.2, 0.25) is 11.9 Å². The first-order valence-corrected chi connectivity index (χ1v) is 11.6. The van der Waals surface area contributed by atoms with Crippen LogP contribution in [0.2, 0.25) is 5.02 Å². The maximum atomic E-state index is 12.6. The molecule has 33 heavy (non-hydrogen) atoms.